The molecule has 0 unspecified atom stereocenters. The standard InChI is InChI=1S/C14H20FNO3S/c1-10(2)16(8-11-3-4-11)20(18,19)14-7-12(9-17)5-6-13(14)15/h5-7,10-11,17H,3-4,8-9H2,1-2H3. The molecule has 1 aliphatic carbocycles. The van der Waals surface area contributed by atoms with Crippen molar-refractivity contribution in [1.29, 1.82) is 0 Å². The molecule has 1 aromatic rings. The second kappa shape index (κ2) is 5.79. The largest absolute Gasteiger partial charge is 0.392 e. The predicted molar refractivity (Wildman–Crippen MR) is 74.1 cm³/mol. The van der Waals surface area contributed by atoms with E-state index in [0.29, 0.717) is 18.0 Å². The van der Waals surface area contributed by atoms with E-state index >= 15 is 0 Å². The van der Waals surface area contributed by atoms with Crippen LogP contribution in [-0.2, 0) is 16.6 Å². The summed E-state index contributed by atoms with van der Waals surface area (Å²) in [5.41, 5.74) is 0.389. The van der Waals surface area contributed by atoms with Gasteiger partial charge in [0.25, 0.3) is 0 Å². The van der Waals surface area contributed by atoms with E-state index < -0.39 is 15.8 Å². The molecule has 112 valence electrons. The Labute approximate surface area is 119 Å². The Balaban J connectivity index is 2.40. The topological polar surface area (TPSA) is 57.6 Å². The van der Waals surface area contributed by atoms with Crippen molar-refractivity contribution < 1.29 is 17.9 Å². The maximum Gasteiger partial charge on any atom is 0.246 e. The van der Waals surface area contributed by atoms with Crippen LogP contribution in [0.15, 0.2) is 23.1 Å². The highest BCUT2D eigenvalue weighted by atomic mass is 32.2. The van der Waals surface area contributed by atoms with Crippen molar-refractivity contribution >= 4 is 10.0 Å². The van der Waals surface area contributed by atoms with Crippen LogP contribution in [-0.4, -0.2) is 30.4 Å². The first-order valence-electron chi connectivity index (χ1n) is 6.77. The van der Waals surface area contributed by atoms with Gasteiger partial charge in [0.15, 0.2) is 0 Å². The smallest absolute Gasteiger partial charge is 0.246 e. The normalized spacial score (nSPS) is 16.1. The van der Waals surface area contributed by atoms with E-state index in [1.165, 1.54) is 16.4 Å². The summed E-state index contributed by atoms with van der Waals surface area (Å²) in [5.74, 6) is -0.389. The maximum atomic E-state index is 13.9. The molecule has 0 saturated heterocycles. The van der Waals surface area contributed by atoms with Gasteiger partial charge in [0, 0.05) is 12.6 Å². The van der Waals surface area contributed by atoms with E-state index in [1.54, 1.807) is 13.8 Å². The van der Waals surface area contributed by atoms with Gasteiger partial charge in [-0.3, -0.25) is 0 Å². The molecular formula is C14H20FNO3S. The molecule has 0 heterocycles. The van der Waals surface area contributed by atoms with Gasteiger partial charge in [-0.05, 0) is 50.3 Å². The van der Waals surface area contributed by atoms with Gasteiger partial charge < -0.3 is 5.11 Å². The van der Waals surface area contributed by atoms with Crippen LogP contribution in [0.1, 0.15) is 32.3 Å². The van der Waals surface area contributed by atoms with E-state index in [-0.39, 0.29) is 17.5 Å². The predicted octanol–water partition coefficient (Wildman–Crippen LogP) is 2.13. The van der Waals surface area contributed by atoms with Crippen LogP contribution in [0, 0.1) is 11.7 Å². The Morgan fingerprint density at radius 3 is 2.55 bits per heavy atom. The second-order valence-corrected chi connectivity index (χ2v) is 7.39. The summed E-state index contributed by atoms with van der Waals surface area (Å²) in [7, 11) is -3.87. The third-order valence-electron chi connectivity index (χ3n) is 3.48. The SMILES string of the molecule is CC(C)N(CC1CC1)S(=O)(=O)c1cc(CO)ccc1F. The first kappa shape index (κ1) is 15.4. The third-order valence-corrected chi connectivity index (χ3v) is 5.53. The van der Waals surface area contributed by atoms with Gasteiger partial charge in [-0.25, -0.2) is 12.8 Å². The molecular weight excluding hydrogens is 281 g/mol. The van der Waals surface area contributed by atoms with Crippen LogP contribution in [0.25, 0.3) is 0 Å². The number of aliphatic hydroxyl groups excluding tert-OH is 1. The van der Waals surface area contributed by atoms with Gasteiger partial charge in [-0.15, -0.1) is 0 Å². The lowest BCUT2D eigenvalue weighted by Gasteiger charge is -2.26. The molecule has 0 aliphatic heterocycles. The molecule has 2 rings (SSSR count). The summed E-state index contributed by atoms with van der Waals surface area (Å²) >= 11 is 0. The summed E-state index contributed by atoms with van der Waals surface area (Å²) in [6, 6.07) is 3.47. The summed E-state index contributed by atoms with van der Waals surface area (Å²) < 4.78 is 40.5. The van der Waals surface area contributed by atoms with Crippen LogP contribution in [0.4, 0.5) is 4.39 Å². The lowest BCUT2D eigenvalue weighted by Crippen LogP contribution is -2.38. The Bertz CT molecular complexity index is 582. The van der Waals surface area contributed by atoms with Gasteiger partial charge >= 0.3 is 0 Å². The highest BCUT2D eigenvalue weighted by Gasteiger charge is 2.34. The summed E-state index contributed by atoms with van der Waals surface area (Å²) in [6.07, 6.45) is 2.05. The van der Waals surface area contributed by atoms with Crippen LogP contribution in [0.2, 0.25) is 0 Å². The van der Waals surface area contributed by atoms with Crippen LogP contribution < -0.4 is 0 Å². The van der Waals surface area contributed by atoms with Crippen molar-refractivity contribution in [2.24, 2.45) is 5.92 Å². The molecule has 0 amide bonds. The zero-order valence-corrected chi connectivity index (χ0v) is 12.5. The van der Waals surface area contributed by atoms with Crippen molar-refractivity contribution in [2.45, 2.75) is 44.2 Å². The molecule has 1 fully saturated rings. The number of sulfonamides is 1. The first-order valence-corrected chi connectivity index (χ1v) is 8.21. The molecule has 0 spiro atoms. The van der Waals surface area contributed by atoms with Gasteiger partial charge in [0.1, 0.15) is 10.7 Å². The molecule has 6 heteroatoms. The van der Waals surface area contributed by atoms with Gasteiger partial charge in [0.2, 0.25) is 10.0 Å². The molecule has 20 heavy (non-hydrogen) atoms. The second-order valence-electron chi connectivity index (χ2n) is 5.53. The third kappa shape index (κ3) is 3.19. The fraction of sp³-hybridized carbons (Fsp3) is 0.571. The van der Waals surface area contributed by atoms with Crippen molar-refractivity contribution in [3.63, 3.8) is 0 Å². The highest BCUT2D eigenvalue weighted by molar-refractivity contribution is 7.89. The Morgan fingerprint density at radius 1 is 1.40 bits per heavy atom. The van der Waals surface area contributed by atoms with Crippen molar-refractivity contribution in [3.8, 4) is 0 Å². The first-order chi connectivity index (χ1) is 9.36. The number of rotatable bonds is 6. The zero-order chi connectivity index (χ0) is 14.9. The van der Waals surface area contributed by atoms with Gasteiger partial charge in [-0.1, -0.05) is 6.07 Å². The van der Waals surface area contributed by atoms with E-state index in [1.807, 2.05) is 0 Å². The number of hydrogen-bond acceptors (Lipinski definition) is 3. The van der Waals surface area contributed by atoms with Gasteiger partial charge in [-0.2, -0.15) is 4.31 Å². The van der Waals surface area contributed by atoms with E-state index in [9.17, 15) is 12.8 Å². The monoisotopic (exact) mass is 301 g/mol. The average molecular weight is 301 g/mol. The Morgan fingerprint density at radius 2 is 2.05 bits per heavy atom. The molecule has 1 aromatic carbocycles. The Hall–Kier alpha value is -0.980. The molecule has 0 radical (unpaired) electrons. The van der Waals surface area contributed by atoms with Crippen LogP contribution >= 0.6 is 0 Å². The molecule has 4 nitrogen and oxygen atoms in total. The number of hydrogen-bond donors (Lipinski definition) is 1. The number of halogens is 1. The number of nitrogens with zero attached hydrogens (tertiary/aromatic N) is 1. The van der Waals surface area contributed by atoms with Crippen molar-refractivity contribution in [1.82, 2.24) is 4.31 Å². The number of benzene rings is 1. The molecule has 0 aromatic heterocycles. The minimum Gasteiger partial charge on any atom is -0.392 e. The molecule has 1 N–H and O–H groups in total. The highest BCUT2D eigenvalue weighted by Crippen LogP contribution is 2.33. The van der Waals surface area contributed by atoms with Crippen molar-refractivity contribution in [3.05, 3.63) is 29.6 Å². The van der Waals surface area contributed by atoms with Gasteiger partial charge in [0.05, 0.1) is 6.61 Å². The quantitative estimate of drug-likeness (QED) is 0.875. The minimum atomic E-state index is -3.87. The van der Waals surface area contributed by atoms with E-state index in [0.717, 1.165) is 18.9 Å². The summed E-state index contributed by atoms with van der Waals surface area (Å²) in [6.45, 7) is 3.69. The zero-order valence-electron chi connectivity index (χ0n) is 11.7. The number of aliphatic hydroxyl groups is 1. The Kier molecular flexibility index (Phi) is 4.46. The van der Waals surface area contributed by atoms with Crippen molar-refractivity contribution in [2.75, 3.05) is 6.54 Å². The van der Waals surface area contributed by atoms with E-state index in [2.05, 4.69) is 0 Å². The fourth-order valence-electron chi connectivity index (χ4n) is 2.11. The fourth-order valence-corrected chi connectivity index (χ4v) is 3.94. The van der Waals surface area contributed by atoms with Crippen LogP contribution in [0.5, 0.6) is 0 Å². The lowest BCUT2D eigenvalue weighted by molar-refractivity contribution is 0.281. The summed E-state index contributed by atoms with van der Waals surface area (Å²) in [4.78, 5) is -0.349. The molecule has 1 aliphatic rings. The molecule has 1 saturated carbocycles. The maximum absolute atomic E-state index is 13.9. The average Bonchev–Trinajstić information content (AvgIpc) is 3.19. The summed E-state index contributed by atoms with van der Waals surface area (Å²) in [5, 5.41) is 9.09. The van der Waals surface area contributed by atoms with E-state index in [4.69, 9.17) is 5.11 Å². The van der Waals surface area contributed by atoms with Crippen LogP contribution in [0.3, 0.4) is 0 Å². The molecule has 0 atom stereocenters. The minimum absolute atomic E-state index is 0.224. The molecule has 0 bridgehead atoms. The lowest BCUT2D eigenvalue weighted by atomic mass is 10.2.